The molecule has 0 atom stereocenters. The zero-order chi connectivity index (χ0) is 13.9. The van der Waals surface area contributed by atoms with E-state index in [0.717, 1.165) is 13.0 Å². The molecule has 0 radical (unpaired) electrons. The molecule has 2 aliphatic rings. The van der Waals surface area contributed by atoms with Crippen molar-refractivity contribution < 1.29 is 4.92 Å². The van der Waals surface area contributed by atoms with Crippen LogP contribution in [-0.4, -0.2) is 33.0 Å². The van der Waals surface area contributed by atoms with Crippen LogP contribution in [-0.2, 0) is 6.42 Å². The molecule has 6 heteroatoms. The first kappa shape index (κ1) is 12.6. The Bertz CT molecular complexity index is 607. The molecule has 1 aromatic rings. The van der Waals surface area contributed by atoms with Crippen molar-refractivity contribution in [3.05, 3.63) is 76.0 Å². The molecule has 6 nitrogen and oxygen atoms in total. The topological polar surface area (TPSA) is 62.5 Å². The molecule has 0 bridgehead atoms. The number of hydrogen-bond acceptors (Lipinski definition) is 5. The first-order chi connectivity index (χ1) is 9.75. The number of hydrogen-bond donors (Lipinski definition) is 0. The Kier molecular flexibility index (Phi) is 3.30. The lowest BCUT2D eigenvalue weighted by Gasteiger charge is -2.28. The normalized spacial score (nSPS) is 17.7. The van der Waals surface area contributed by atoms with E-state index in [0.29, 0.717) is 12.2 Å². The molecule has 0 aliphatic carbocycles. The van der Waals surface area contributed by atoms with Gasteiger partial charge in [0.05, 0.1) is 4.92 Å². The van der Waals surface area contributed by atoms with Gasteiger partial charge in [-0.15, -0.1) is 0 Å². The maximum Gasteiger partial charge on any atom is 0.286 e. The van der Waals surface area contributed by atoms with Crippen molar-refractivity contribution in [2.24, 2.45) is 0 Å². The zero-order valence-corrected chi connectivity index (χ0v) is 10.8. The minimum absolute atomic E-state index is 0.250. The van der Waals surface area contributed by atoms with Crippen molar-refractivity contribution in [2.45, 2.75) is 6.42 Å². The molecular formula is C14H14N4O2. The molecule has 0 amide bonds. The minimum atomic E-state index is -0.293. The van der Waals surface area contributed by atoms with Gasteiger partial charge in [-0.25, -0.2) is 5.01 Å². The highest BCUT2D eigenvalue weighted by atomic mass is 16.6. The molecule has 0 aromatic carbocycles. The number of rotatable bonds is 4. The smallest absolute Gasteiger partial charge is 0.275 e. The van der Waals surface area contributed by atoms with Gasteiger partial charge < -0.3 is 0 Å². The molecule has 0 saturated carbocycles. The second-order valence-electron chi connectivity index (χ2n) is 4.63. The number of nitrogens with zero attached hydrogens (tertiary/aromatic N) is 4. The van der Waals surface area contributed by atoms with Crippen LogP contribution in [0.15, 0.2) is 60.3 Å². The molecule has 0 unspecified atom stereocenters. The molecule has 1 aromatic heterocycles. The summed E-state index contributed by atoms with van der Waals surface area (Å²) in [5.41, 5.74) is 2.08. The van der Waals surface area contributed by atoms with E-state index in [-0.39, 0.29) is 10.6 Å². The summed E-state index contributed by atoms with van der Waals surface area (Å²) in [6, 6.07) is 3.93. The number of hydrazine groups is 1. The number of pyridine rings is 1. The molecular weight excluding hydrogens is 256 g/mol. The average molecular weight is 270 g/mol. The fourth-order valence-corrected chi connectivity index (χ4v) is 2.39. The molecule has 0 spiro atoms. The lowest BCUT2D eigenvalue weighted by Crippen LogP contribution is -2.35. The van der Waals surface area contributed by atoms with Gasteiger partial charge in [-0.1, -0.05) is 6.08 Å². The van der Waals surface area contributed by atoms with Crippen molar-refractivity contribution >= 4 is 0 Å². The van der Waals surface area contributed by atoms with Crippen LogP contribution in [0.4, 0.5) is 0 Å². The van der Waals surface area contributed by atoms with Crippen molar-refractivity contribution in [3.8, 4) is 0 Å². The molecule has 3 heterocycles. The quantitative estimate of drug-likeness (QED) is 0.616. The highest BCUT2D eigenvalue weighted by Crippen LogP contribution is 2.27. The molecule has 3 rings (SSSR count). The van der Waals surface area contributed by atoms with E-state index < -0.39 is 0 Å². The van der Waals surface area contributed by atoms with E-state index in [4.69, 9.17) is 0 Å². The van der Waals surface area contributed by atoms with Crippen molar-refractivity contribution in [2.75, 3.05) is 13.1 Å². The van der Waals surface area contributed by atoms with E-state index in [1.165, 1.54) is 5.56 Å². The number of fused-ring (bicyclic) bond motifs is 1. The van der Waals surface area contributed by atoms with Crippen LogP contribution in [0.25, 0.3) is 0 Å². The van der Waals surface area contributed by atoms with Gasteiger partial charge in [0.15, 0.2) is 0 Å². The van der Waals surface area contributed by atoms with Crippen LogP contribution in [0, 0.1) is 10.1 Å². The van der Waals surface area contributed by atoms with Gasteiger partial charge in [-0.2, -0.15) is 0 Å². The molecule has 2 aliphatic heterocycles. The van der Waals surface area contributed by atoms with E-state index in [9.17, 15) is 10.1 Å². The Morgan fingerprint density at radius 2 is 2.10 bits per heavy atom. The summed E-state index contributed by atoms with van der Waals surface area (Å²) in [7, 11) is 0. The van der Waals surface area contributed by atoms with Crippen LogP contribution >= 0.6 is 0 Å². The monoisotopic (exact) mass is 270 g/mol. The SMILES string of the molecule is O=[N+]([O-])C1=C2C=CC=CN2N(CCc2ccncc2)C1. The highest BCUT2D eigenvalue weighted by molar-refractivity contribution is 5.32. The fourth-order valence-electron chi connectivity index (χ4n) is 2.39. The van der Waals surface area contributed by atoms with Gasteiger partial charge in [0.2, 0.25) is 0 Å². The van der Waals surface area contributed by atoms with E-state index in [1.807, 2.05) is 40.5 Å². The molecule has 20 heavy (non-hydrogen) atoms. The van der Waals surface area contributed by atoms with Crippen molar-refractivity contribution in [1.29, 1.82) is 0 Å². The Balaban J connectivity index is 1.72. The van der Waals surface area contributed by atoms with Crippen LogP contribution in [0.1, 0.15) is 5.56 Å². The third kappa shape index (κ3) is 2.33. The maximum atomic E-state index is 11.1. The van der Waals surface area contributed by atoms with Crippen molar-refractivity contribution in [1.82, 2.24) is 15.0 Å². The molecule has 0 fully saturated rings. The summed E-state index contributed by atoms with van der Waals surface area (Å²) in [4.78, 5) is 14.8. The predicted octanol–water partition coefficient (Wildman–Crippen LogP) is 1.73. The Hall–Kier alpha value is -2.47. The van der Waals surface area contributed by atoms with Gasteiger partial charge >= 0.3 is 0 Å². The number of allylic oxidation sites excluding steroid dienone is 3. The third-order valence-corrected chi connectivity index (χ3v) is 3.40. The predicted molar refractivity (Wildman–Crippen MR) is 73.7 cm³/mol. The Morgan fingerprint density at radius 3 is 2.85 bits per heavy atom. The zero-order valence-electron chi connectivity index (χ0n) is 10.8. The van der Waals surface area contributed by atoms with E-state index in [2.05, 4.69) is 4.98 Å². The number of aromatic nitrogens is 1. The largest absolute Gasteiger partial charge is 0.286 e. The molecule has 0 N–H and O–H groups in total. The molecule has 0 saturated heterocycles. The Labute approximate surface area is 116 Å². The third-order valence-electron chi connectivity index (χ3n) is 3.40. The lowest BCUT2D eigenvalue weighted by atomic mass is 10.2. The standard InChI is InChI=1S/C14H14N4O2/c19-18(20)14-11-16(17-9-2-1-3-13(14)17)10-6-12-4-7-15-8-5-12/h1-5,7-9H,6,10-11H2. The van der Waals surface area contributed by atoms with Crippen LogP contribution in [0.3, 0.4) is 0 Å². The fraction of sp³-hybridized carbons (Fsp3) is 0.214. The summed E-state index contributed by atoms with van der Waals surface area (Å²) >= 11 is 0. The van der Waals surface area contributed by atoms with Crippen LogP contribution < -0.4 is 0 Å². The summed E-state index contributed by atoms with van der Waals surface area (Å²) in [6.07, 6.45) is 11.7. The summed E-state index contributed by atoms with van der Waals surface area (Å²) in [6.45, 7) is 1.06. The average Bonchev–Trinajstić information content (AvgIpc) is 2.85. The van der Waals surface area contributed by atoms with Gasteiger partial charge in [-0.3, -0.25) is 20.1 Å². The Morgan fingerprint density at radius 1 is 1.30 bits per heavy atom. The first-order valence-electron chi connectivity index (χ1n) is 6.41. The summed E-state index contributed by atoms with van der Waals surface area (Å²) < 4.78 is 0. The highest BCUT2D eigenvalue weighted by Gasteiger charge is 2.35. The second kappa shape index (κ2) is 5.26. The van der Waals surface area contributed by atoms with Gasteiger partial charge in [0.25, 0.3) is 5.70 Å². The lowest BCUT2D eigenvalue weighted by molar-refractivity contribution is -0.426. The van der Waals surface area contributed by atoms with E-state index in [1.54, 1.807) is 18.5 Å². The van der Waals surface area contributed by atoms with Crippen LogP contribution in [0.5, 0.6) is 0 Å². The van der Waals surface area contributed by atoms with Gasteiger partial charge in [0.1, 0.15) is 12.2 Å². The maximum absolute atomic E-state index is 11.1. The van der Waals surface area contributed by atoms with E-state index >= 15 is 0 Å². The summed E-state index contributed by atoms with van der Waals surface area (Å²) in [5, 5.41) is 14.9. The second-order valence-corrected chi connectivity index (χ2v) is 4.63. The first-order valence-corrected chi connectivity index (χ1v) is 6.41. The van der Waals surface area contributed by atoms with Gasteiger partial charge in [0, 0.05) is 25.1 Å². The van der Waals surface area contributed by atoms with Crippen molar-refractivity contribution in [3.63, 3.8) is 0 Å². The summed E-state index contributed by atoms with van der Waals surface area (Å²) in [5.74, 6) is 0. The van der Waals surface area contributed by atoms with Gasteiger partial charge in [-0.05, 0) is 36.3 Å². The molecule has 102 valence electrons. The number of nitro groups is 1. The minimum Gasteiger partial charge on any atom is -0.275 e. The van der Waals surface area contributed by atoms with Crippen LogP contribution in [0.2, 0.25) is 0 Å².